The molecule has 1 heterocycles. The lowest BCUT2D eigenvalue weighted by Crippen LogP contribution is -2.46. The maximum absolute atomic E-state index is 13.1. The summed E-state index contributed by atoms with van der Waals surface area (Å²) < 4.78 is 17.6. The maximum atomic E-state index is 13.1. The first kappa shape index (κ1) is 24.2. The van der Waals surface area contributed by atoms with Crippen LogP contribution in [-0.4, -0.2) is 40.1 Å². The summed E-state index contributed by atoms with van der Waals surface area (Å²) in [5, 5.41) is 0. The third-order valence-electron chi connectivity index (χ3n) is 7.86. The van der Waals surface area contributed by atoms with Crippen molar-refractivity contribution in [1.82, 2.24) is 0 Å². The largest absolute Gasteiger partial charge is 0.465 e. The Balaban J connectivity index is 2.06. The number of fused-ring (bicyclic) bond motifs is 3. The predicted molar refractivity (Wildman–Crippen MR) is 124 cm³/mol. The molecule has 0 aromatic heterocycles. The molecule has 1 saturated heterocycles. The number of carbonyl (C=O) groups is 2. The van der Waals surface area contributed by atoms with Crippen molar-refractivity contribution >= 4 is 20.3 Å². The Morgan fingerprint density at radius 2 is 1.71 bits per heavy atom. The van der Waals surface area contributed by atoms with Crippen molar-refractivity contribution in [3.63, 3.8) is 0 Å². The van der Waals surface area contributed by atoms with Gasteiger partial charge in [-0.15, -0.1) is 0 Å². The molecule has 2 aliphatic carbocycles. The molecule has 0 radical (unpaired) electrons. The minimum Gasteiger partial charge on any atom is -0.465 e. The van der Waals surface area contributed by atoms with Crippen LogP contribution in [0, 0.1) is 17.3 Å². The van der Waals surface area contributed by atoms with Crippen LogP contribution in [0.2, 0.25) is 16.6 Å². The fraction of sp³-hybridized carbons (Fsp3) is 0.760. The van der Waals surface area contributed by atoms with Crippen molar-refractivity contribution in [2.24, 2.45) is 17.3 Å². The topological polar surface area (TPSA) is 61.8 Å². The molecule has 5 nitrogen and oxygen atoms in total. The van der Waals surface area contributed by atoms with Crippen LogP contribution in [0.4, 0.5) is 0 Å². The summed E-state index contributed by atoms with van der Waals surface area (Å²) in [5.74, 6) is -0.423. The fourth-order valence-corrected chi connectivity index (χ4v) is 12.2. The van der Waals surface area contributed by atoms with Gasteiger partial charge in [0.25, 0.3) is 0 Å². The minimum atomic E-state index is -2.07. The molecule has 0 aromatic carbocycles. The highest BCUT2D eigenvalue weighted by molar-refractivity contribution is 6.79. The second kappa shape index (κ2) is 9.22. The van der Waals surface area contributed by atoms with Crippen LogP contribution in [-0.2, 0) is 23.5 Å². The molecule has 0 spiro atoms. The lowest BCUT2D eigenvalue weighted by atomic mass is 9.80. The lowest BCUT2D eigenvalue weighted by molar-refractivity contribution is -0.171. The first-order valence-electron chi connectivity index (χ1n) is 12.0. The Labute approximate surface area is 188 Å². The number of rotatable bonds is 6. The molecule has 31 heavy (non-hydrogen) atoms. The summed E-state index contributed by atoms with van der Waals surface area (Å²) in [6.45, 7) is 16.2. The number of allylic oxidation sites excluding steroid dienone is 4. The van der Waals surface area contributed by atoms with E-state index in [9.17, 15) is 9.59 Å². The monoisotopic (exact) mass is 448 g/mol. The van der Waals surface area contributed by atoms with Crippen molar-refractivity contribution in [3.05, 3.63) is 23.3 Å². The molecule has 0 amide bonds. The Morgan fingerprint density at radius 3 is 2.23 bits per heavy atom. The van der Waals surface area contributed by atoms with Gasteiger partial charge in [-0.05, 0) is 63.0 Å². The number of hydrogen-bond donors (Lipinski definition) is 0. The summed E-state index contributed by atoms with van der Waals surface area (Å²) in [7, 11) is -2.07. The van der Waals surface area contributed by atoms with Crippen LogP contribution >= 0.6 is 0 Å². The van der Waals surface area contributed by atoms with E-state index in [0.29, 0.717) is 42.0 Å². The van der Waals surface area contributed by atoms with Crippen LogP contribution in [0.5, 0.6) is 0 Å². The van der Waals surface area contributed by atoms with Gasteiger partial charge in [-0.3, -0.25) is 9.59 Å². The number of carbonyl (C=O) groups excluding carboxylic acids is 2. The quantitative estimate of drug-likeness (QED) is 0.230. The Hall–Kier alpha value is -1.40. The van der Waals surface area contributed by atoms with Crippen molar-refractivity contribution in [2.45, 2.75) is 84.4 Å². The normalized spacial score (nSPS) is 32.2. The molecule has 2 fully saturated rings. The van der Waals surface area contributed by atoms with Gasteiger partial charge in [0.15, 0.2) is 5.41 Å². The highest BCUT2D eigenvalue weighted by Gasteiger charge is 2.62. The zero-order chi connectivity index (χ0) is 23.0. The second-order valence-electron chi connectivity index (χ2n) is 10.2. The summed E-state index contributed by atoms with van der Waals surface area (Å²) in [6.07, 6.45) is 6.46. The molecular weight excluding hydrogens is 408 g/mol. The third kappa shape index (κ3) is 3.95. The highest BCUT2D eigenvalue weighted by Crippen LogP contribution is 2.60. The zero-order valence-corrected chi connectivity index (χ0v) is 21.3. The number of ether oxygens (including phenoxy) is 2. The van der Waals surface area contributed by atoms with Gasteiger partial charge in [0.1, 0.15) is 0 Å². The first-order valence-corrected chi connectivity index (χ1v) is 14.1. The second-order valence-corrected chi connectivity index (χ2v) is 15.1. The summed E-state index contributed by atoms with van der Waals surface area (Å²) in [4.78, 5) is 26.2. The third-order valence-corrected chi connectivity index (χ3v) is 13.8. The van der Waals surface area contributed by atoms with Gasteiger partial charge in [-0.2, -0.15) is 0 Å². The molecule has 3 aliphatic rings. The molecule has 6 heteroatoms. The van der Waals surface area contributed by atoms with E-state index in [-0.39, 0.29) is 19.1 Å². The van der Waals surface area contributed by atoms with Crippen LogP contribution in [0.3, 0.4) is 0 Å². The first-order chi connectivity index (χ1) is 14.6. The molecule has 0 aromatic rings. The number of hydrogen-bond acceptors (Lipinski definition) is 5. The molecule has 3 rings (SSSR count). The van der Waals surface area contributed by atoms with Gasteiger partial charge in [-0.25, -0.2) is 0 Å². The van der Waals surface area contributed by atoms with Gasteiger partial charge < -0.3 is 13.9 Å². The van der Waals surface area contributed by atoms with Gasteiger partial charge in [0.2, 0.25) is 8.32 Å². The zero-order valence-electron chi connectivity index (χ0n) is 20.3. The number of esters is 2. The molecule has 0 unspecified atom stereocenters. The highest BCUT2D eigenvalue weighted by atomic mass is 28.4. The van der Waals surface area contributed by atoms with Crippen LogP contribution < -0.4 is 0 Å². The lowest BCUT2D eigenvalue weighted by Gasteiger charge is -2.40. The van der Waals surface area contributed by atoms with Crippen molar-refractivity contribution in [3.8, 4) is 0 Å². The van der Waals surface area contributed by atoms with Gasteiger partial charge in [-0.1, -0.05) is 51.0 Å². The van der Waals surface area contributed by atoms with Gasteiger partial charge in [0, 0.05) is 12.1 Å². The van der Waals surface area contributed by atoms with E-state index in [1.807, 2.05) is 0 Å². The SMILES string of the molecule is CCOC(=O)C1(C(=O)OCC)C/C2=C/C/C(C)=C\[C@@H]3[C@@H](CO[Si]3(C(C)C)C(C)C)[C@@H]2C1. The summed E-state index contributed by atoms with van der Waals surface area (Å²) in [5.41, 5.74) is 2.73. The fourth-order valence-electron chi connectivity index (χ4n) is 6.47. The van der Waals surface area contributed by atoms with E-state index in [1.54, 1.807) is 13.8 Å². The van der Waals surface area contributed by atoms with Gasteiger partial charge >= 0.3 is 11.9 Å². The van der Waals surface area contributed by atoms with E-state index >= 15 is 0 Å². The minimum absolute atomic E-state index is 0.148. The summed E-state index contributed by atoms with van der Waals surface area (Å²) in [6, 6.07) is 0. The maximum Gasteiger partial charge on any atom is 0.323 e. The molecule has 1 saturated carbocycles. The summed E-state index contributed by atoms with van der Waals surface area (Å²) >= 11 is 0. The average molecular weight is 449 g/mol. The van der Waals surface area contributed by atoms with Crippen molar-refractivity contribution in [2.75, 3.05) is 19.8 Å². The van der Waals surface area contributed by atoms with Crippen molar-refractivity contribution < 1.29 is 23.5 Å². The van der Waals surface area contributed by atoms with Gasteiger partial charge in [0.05, 0.1) is 13.2 Å². The molecule has 0 bridgehead atoms. The standard InChI is InChI=1S/C25H40O5Si/c1-8-28-23(26)25(24(27)29-9-2)13-19-11-10-18(7)12-22-21(20(19)14-25)15-30-31(22,16(3)4)17(5)6/h11-12,16-17,20-22H,8-10,13-15H2,1-7H3/b18-12-,19-11-/t20-,21+,22-/m1/s1. The molecule has 174 valence electrons. The van der Waals surface area contributed by atoms with E-state index in [1.165, 1.54) is 11.1 Å². The van der Waals surface area contributed by atoms with E-state index in [0.717, 1.165) is 6.42 Å². The average Bonchev–Trinajstić information content (AvgIpc) is 3.25. The van der Waals surface area contributed by atoms with E-state index in [4.69, 9.17) is 13.9 Å². The Morgan fingerprint density at radius 1 is 1.13 bits per heavy atom. The molecular formula is C25H40O5Si. The predicted octanol–water partition coefficient (Wildman–Crippen LogP) is 5.57. The molecule has 1 aliphatic heterocycles. The smallest absolute Gasteiger partial charge is 0.323 e. The Kier molecular flexibility index (Phi) is 7.21. The van der Waals surface area contributed by atoms with Crippen LogP contribution in [0.25, 0.3) is 0 Å². The van der Waals surface area contributed by atoms with Crippen LogP contribution in [0.15, 0.2) is 23.3 Å². The van der Waals surface area contributed by atoms with Crippen molar-refractivity contribution in [1.29, 1.82) is 0 Å². The molecule has 0 N–H and O–H groups in total. The van der Waals surface area contributed by atoms with E-state index < -0.39 is 25.7 Å². The molecule has 3 atom stereocenters. The van der Waals surface area contributed by atoms with Crippen LogP contribution in [0.1, 0.15) is 67.7 Å². The van der Waals surface area contributed by atoms with E-state index in [2.05, 4.69) is 46.8 Å². The Bertz CT molecular complexity index is 740.